The summed E-state index contributed by atoms with van der Waals surface area (Å²) in [5, 5.41) is 2.74. The summed E-state index contributed by atoms with van der Waals surface area (Å²) in [5.74, 6) is -0.213. The first-order chi connectivity index (χ1) is 9.29. The molecule has 0 aliphatic carbocycles. The van der Waals surface area contributed by atoms with E-state index in [2.05, 4.69) is 5.32 Å². The molecule has 20 heavy (non-hydrogen) atoms. The number of anilines is 1. The van der Waals surface area contributed by atoms with E-state index in [1.165, 1.54) is 12.1 Å². The molecule has 1 amide bonds. The van der Waals surface area contributed by atoms with Gasteiger partial charge >= 0.3 is 0 Å². The average molecular weight is 292 g/mol. The molecule has 0 aliphatic heterocycles. The number of aromatic nitrogens is 1. The minimum absolute atomic E-state index is 0.213. The van der Waals surface area contributed by atoms with Gasteiger partial charge in [0.1, 0.15) is 0 Å². The van der Waals surface area contributed by atoms with Gasteiger partial charge in [-0.25, -0.2) is 8.42 Å². The molecule has 0 bridgehead atoms. The molecule has 1 N–H and O–H groups in total. The van der Waals surface area contributed by atoms with E-state index in [9.17, 15) is 13.2 Å². The van der Waals surface area contributed by atoms with Gasteiger partial charge in [0, 0.05) is 30.9 Å². The molecule has 0 saturated carbocycles. The molecule has 0 aliphatic rings. The number of benzene rings is 1. The summed E-state index contributed by atoms with van der Waals surface area (Å²) in [6.07, 6.45) is 2.96. The number of hydrogen-bond acceptors (Lipinski definition) is 3. The maximum Gasteiger partial charge on any atom is 0.257 e. The van der Waals surface area contributed by atoms with Crippen LogP contribution in [0.1, 0.15) is 16.1 Å². The number of hydrogen-bond donors (Lipinski definition) is 1. The van der Waals surface area contributed by atoms with E-state index in [4.69, 9.17) is 0 Å². The highest BCUT2D eigenvalue weighted by molar-refractivity contribution is 7.90. The van der Waals surface area contributed by atoms with Gasteiger partial charge in [-0.15, -0.1) is 0 Å². The van der Waals surface area contributed by atoms with Gasteiger partial charge in [0.2, 0.25) is 0 Å². The molecule has 5 nitrogen and oxygen atoms in total. The second kappa shape index (κ2) is 5.13. The Bertz CT molecular complexity index is 743. The Morgan fingerprint density at radius 3 is 2.20 bits per heavy atom. The Balaban J connectivity index is 2.19. The largest absolute Gasteiger partial charge is 0.354 e. The van der Waals surface area contributed by atoms with Crippen molar-refractivity contribution < 1.29 is 13.2 Å². The van der Waals surface area contributed by atoms with Gasteiger partial charge in [0.05, 0.1) is 10.5 Å². The highest BCUT2D eigenvalue weighted by atomic mass is 32.2. The molecule has 1 heterocycles. The van der Waals surface area contributed by atoms with Crippen molar-refractivity contribution in [3.05, 3.63) is 47.8 Å². The van der Waals surface area contributed by atoms with E-state index in [1.807, 2.05) is 24.7 Å². The van der Waals surface area contributed by atoms with Crippen LogP contribution in [0, 0.1) is 6.92 Å². The van der Waals surface area contributed by atoms with Crippen LogP contribution in [0.25, 0.3) is 0 Å². The summed E-state index contributed by atoms with van der Waals surface area (Å²) in [7, 11) is -1.35. The van der Waals surface area contributed by atoms with Crippen molar-refractivity contribution in [2.75, 3.05) is 11.6 Å². The molecule has 6 heteroatoms. The van der Waals surface area contributed by atoms with Gasteiger partial charge in [0.15, 0.2) is 9.84 Å². The lowest BCUT2D eigenvalue weighted by molar-refractivity contribution is 0.102. The van der Waals surface area contributed by atoms with E-state index in [-0.39, 0.29) is 10.8 Å². The molecule has 0 atom stereocenters. The van der Waals surface area contributed by atoms with Gasteiger partial charge in [-0.1, -0.05) is 0 Å². The Kier molecular flexibility index (Phi) is 3.67. The zero-order valence-electron chi connectivity index (χ0n) is 11.5. The summed E-state index contributed by atoms with van der Waals surface area (Å²) >= 11 is 0. The molecule has 2 aromatic rings. The van der Waals surface area contributed by atoms with Gasteiger partial charge in [-0.2, -0.15) is 0 Å². The Labute approximate surface area is 118 Å². The normalized spacial score (nSPS) is 11.3. The first-order valence-electron chi connectivity index (χ1n) is 6.02. The Morgan fingerprint density at radius 1 is 1.15 bits per heavy atom. The minimum atomic E-state index is -3.22. The monoisotopic (exact) mass is 292 g/mol. The van der Waals surface area contributed by atoms with Crippen molar-refractivity contribution >= 4 is 21.4 Å². The molecular weight excluding hydrogens is 276 g/mol. The third kappa shape index (κ3) is 2.91. The van der Waals surface area contributed by atoms with Crippen molar-refractivity contribution in [2.24, 2.45) is 7.05 Å². The molecule has 1 aromatic heterocycles. The minimum Gasteiger partial charge on any atom is -0.354 e. The van der Waals surface area contributed by atoms with Crippen LogP contribution in [0.4, 0.5) is 5.69 Å². The van der Waals surface area contributed by atoms with Crippen LogP contribution < -0.4 is 5.32 Å². The summed E-state index contributed by atoms with van der Waals surface area (Å²) in [6, 6.07) is 7.85. The fourth-order valence-corrected chi connectivity index (χ4v) is 2.46. The molecule has 0 saturated heterocycles. The van der Waals surface area contributed by atoms with E-state index in [1.54, 1.807) is 18.2 Å². The van der Waals surface area contributed by atoms with Gasteiger partial charge < -0.3 is 9.88 Å². The van der Waals surface area contributed by atoms with Crippen LogP contribution in [0.15, 0.2) is 41.4 Å². The van der Waals surface area contributed by atoms with Gasteiger partial charge in [0.25, 0.3) is 5.91 Å². The van der Waals surface area contributed by atoms with Crippen LogP contribution in [-0.2, 0) is 16.9 Å². The van der Waals surface area contributed by atoms with Crippen LogP contribution in [0.3, 0.4) is 0 Å². The molecule has 2 rings (SSSR count). The van der Waals surface area contributed by atoms with E-state index < -0.39 is 9.84 Å². The molecule has 0 fully saturated rings. The number of carbonyl (C=O) groups excluding carboxylic acids is 1. The van der Waals surface area contributed by atoms with Crippen molar-refractivity contribution in [3.63, 3.8) is 0 Å². The molecular formula is C14H16N2O3S. The highest BCUT2D eigenvalue weighted by Crippen LogP contribution is 2.16. The molecule has 0 spiro atoms. The summed E-state index contributed by atoms with van der Waals surface area (Å²) in [5.41, 5.74) is 2.03. The summed E-state index contributed by atoms with van der Waals surface area (Å²) in [6.45, 7) is 1.86. The number of sulfone groups is 1. The standard InChI is InChI=1S/C14H16N2O3S/c1-10-13(8-9-16(10)2)14(17)15-11-4-6-12(7-5-11)20(3,18)19/h4-9H,1-3H3,(H,15,17). The number of amides is 1. The number of rotatable bonds is 3. The van der Waals surface area contributed by atoms with Crippen LogP contribution >= 0.6 is 0 Å². The van der Waals surface area contributed by atoms with Crippen LogP contribution in [0.5, 0.6) is 0 Å². The smallest absolute Gasteiger partial charge is 0.257 e. The fourth-order valence-electron chi connectivity index (χ4n) is 1.83. The quantitative estimate of drug-likeness (QED) is 0.940. The predicted octanol–water partition coefficient (Wildman–Crippen LogP) is 1.99. The van der Waals surface area contributed by atoms with Gasteiger partial charge in [-0.05, 0) is 37.3 Å². The lowest BCUT2D eigenvalue weighted by atomic mass is 10.2. The summed E-state index contributed by atoms with van der Waals surface area (Å²) in [4.78, 5) is 12.3. The number of carbonyl (C=O) groups is 1. The third-order valence-electron chi connectivity index (χ3n) is 3.17. The first-order valence-corrected chi connectivity index (χ1v) is 7.91. The second-order valence-electron chi connectivity index (χ2n) is 4.68. The van der Waals surface area contributed by atoms with Crippen molar-refractivity contribution in [1.29, 1.82) is 0 Å². The molecule has 0 radical (unpaired) electrons. The zero-order chi connectivity index (χ0) is 14.9. The molecule has 106 valence electrons. The first kappa shape index (κ1) is 14.3. The number of nitrogens with one attached hydrogen (secondary N) is 1. The van der Waals surface area contributed by atoms with Crippen LogP contribution in [-0.4, -0.2) is 25.1 Å². The molecule has 0 unspecified atom stereocenters. The average Bonchev–Trinajstić information content (AvgIpc) is 2.69. The second-order valence-corrected chi connectivity index (χ2v) is 6.69. The fraction of sp³-hybridized carbons (Fsp3) is 0.214. The SMILES string of the molecule is Cc1c(C(=O)Nc2ccc(S(C)(=O)=O)cc2)ccn1C. The maximum absolute atomic E-state index is 12.1. The summed E-state index contributed by atoms with van der Waals surface area (Å²) < 4.78 is 24.6. The van der Waals surface area contributed by atoms with Crippen LogP contribution in [0.2, 0.25) is 0 Å². The molecule has 1 aromatic carbocycles. The van der Waals surface area contributed by atoms with Crippen molar-refractivity contribution in [1.82, 2.24) is 4.57 Å². The Hall–Kier alpha value is -2.08. The number of aryl methyl sites for hydroxylation is 1. The topological polar surface area (TPSA) is 68.2 Å². The van der Waals surface area contributed by atoms with E-state index in [0.29, 0.717) is 11.3 Å². The Morgan fingerprint density at radius 2 is 1.75 bits per heavy atom. The lowest BCUT2D eigenvalue weighted by Gasteiger charge is -2.06. The maximum atomic E-state index is 12.1. The van der Waals surface area contributed by atoms with Crippen molar-refractivity contribution in [2.45, 2.75) is 11.8 Å². The third-order valence-corrected chi connectivity index (χ3v) is 4.30. The van der Waals surface area contributed by atoms with Gasteiger partial charge in [-0.3, -0.25) is 4.79 Å². The van der Waals surface area contributed by atoms with E-state index in [0.717, 1.165) is 11.9 Å². The highest BCUT2D eigenvalue weighted by Gasteiger charge is 2.12. The van der Waals surface area contributed by atoms with Crippen molar-refractivity contribution in [3.8, 4) is 0 Å². The predicted molar refractivity (Wildman–Crippen MR) is 77.7 cm³/mol. The lowest BCUT2D eigenvalue weighted by Crippen LogP contribution is -2.13. The number of nitrogens with zero attached hydrogens (tertiary/aromatic N) is 1. The van der Waals surface area contributed by atoms with E-state index >= 15 is 0 Å². The zero-order valence-corrected chi connectivity index (χ0v) is 12.4.